The highest BCUT2D eigenvalue weighted by Gasteiger charge is 2.58. The fourth-order valence-corrected chi connectivity index (χ4v) is 8.58. The van der Waals surface area contributed by atoms with Crippen molar-refractivity contribution in [3.8, 4) is 0 Å². The highest BCUT2D eigenvalue weighted by atomic mass is 14.6. The van der Waals surface area contributed by atoms with E-state index in [0.717, 1.165) is 29.6 Å². The van der Waals surface area contributed by atoms with Crippen LogP contribution in [-0.4, -0.2) is 0 Å². The molecule has 0 spiro atoms. The molecule has 4 aliphatic rings. The lowest BCUT2D eigenvalue weighted by molar-refractivity contribution is -0.0498. The minimum atomic E-state index is 0.557. The fraction of sp³-hybridized carbons (Fsp3) is 0.857. The fourth-order valence-electron chi connectivity index (χ4n) is 8.58. The van der Waals surface area contributed by atoms with E-state index < -0.39 is 0 Å². The van der Waals surface area contributed by atoms with Crippen LogP contribution in [0.15, 0.2) is 23.8 Å². The second-order valence-electron chi connectivity index (χ2n) is 12.0. The quantitative estimate of drug-likeness (QED) is 0.418. The first kappa shape index (κ1) is 20.7. The summed E-state index contributed by atoms with van der Waals surface area (Å²) in [4.78, 5) is 0. The van der Waals surface area contributed by atoms with Crippen LogP contribution in [-0.2, 0) is 0 Å². The van der Waals surface area contributed by atoms with Crippen LogP contribution >= 0.6 is 0 Å². The van der Waals surface area contributed by atoms with Gasteiger partial charge in [0.1, 0.15) is 0 Å². The Morgan fingerprint density at radius 3 is 2.61 bits per heavy atom. The summed E-state index contributed by atoms with van der Waals surface area (Å²) in [6.45, 7) is 16.9. The van der Waals surface area contributed by atoms with Crippen LogP contribution < -0.4 is 0 Å². The van der Waals surface area contributed by atoms with Crippen molar-refractivity contribution in [3.05, 3.63) is 23.8 Å². The molecule has 0 bridgehead atoms. The summed E-state index contributed by atoms with van der Waals surface area (Å²) >= 11 is 0. The maximum absolute atomic E-state index is 4.35. The van der Waals surface area contributed by atoms with Crippen LogP contribution in [0.3, 0.4) is 0 Å². The molecule has 0 radical (unpaired) electrons. The Hall–Kier alpha value is -0.520. The van der Waals surface area contributed by atoms with Crippen LogP contribution in [0.25, 0.3) is 0 Å². The Bertz CT molecular complexity index is 624. The summed E-state index contributed by atoms with van der Waals surface area (Å²) in [5.41, 5.74) is 4.49. The van der Waals surface area contributed by atoms with Gasteiger partial charge >= 0.3 is 0 Å². The molecule has 0 aromatic carbocycles. The molecule has 4 aliphatic carbocycles. The van der Waals surface area contributed by atoms with Gasteiger partial charge in [0.25, 0.3) is 0 Å². The van der Waals surface area contributed by atoms with E-state index in [0.29, 0.717) is 16.7 Å². The van der Waals surface area contributed by atoms with Crippen molar-refractivity contribution < 1.29 is 0 Å². The van der Waals surface area contributed by atoms with E-state index in [1.165, 1.54) is 76.2 Å². The van der Waals surface area contributed by atoms with Gasteiger partial charge in [-0.3, -0.25) is 0 Å². The minimum Gasteiger partial charge on any atom is -0.0996 e. The standard InChI is InChI=1S/C28H46/c1-19(2)20(3)10-11-21(4)24-14-15-25-23-13-12-22-9-7-8-17-27(22,5)26(23)16-18-28(24,25)6/h12,19,21,23-26H,3,7-11,13-18H2,1-2,4-6H3/t21-,23+,24-,25+,26+,27+,28-/m1/s1. The van der Waals surface area contributed by atoms with E-state index >= 15 is 0 Å². The predicted molar refractivity (Wildman–Crippen MR) is 122 cm³/mol. The molecule has 3 saturated carbocycles. The number of hydrogen-bond donors (Lipinski definition) is 0. The monoisotopic (exact) mass is 382 g/mol. The molecule has 0 N–H and O–H groups in total. The molecule has 0 aromatic rings. The van der Waals surface area contributed by atoms with Crippen LogP contribution in [0.5, 0.6) is 0 Å². The Labute approximate surface area is 175 Å². The highest BCUT2D eigenvalue weighted by molar-refractivity contribution is 5.24. The second-order valence-corrected chi connectivity index (χ2v) is 12.0. The van der Waals surface area contributed by atoms with Gasteiger partial charge in [-0.25, -0.2) is 0 Å². The lowest BCUT2D eigenvalue weighted by atomic mass is 9.47. The first-order chi connectivity index (χ1) is 13.3. The molecule has 0 aliphatic heterocycles. The number of fused-ring (bicyclic) bond motifs is 5. The Balaban J connectivity index is 1.49. The maximum atomic E-state index is 4.35. The van der Waals surface area contributed by atoms with Crippen molar-refractivity contribution in [2.45, 2.75) is 105 Å². The van der Waals surface area contributed by atoms with Crippen molar-refractivity contribution in [2.75, 3.05) is 0 Å². The average molecular weight is 383 g/mol. The third-order valence-electron chi connectivity index (χ3n) is 10.5. The van der Waals surface area contributed by atoms with E-state index in [2.05, 4.69) is 47.3 Å². The van der Waals surface area contributed by atoms with Crippen molar-refractivity contribution in [2.24, 2.45) is 46.3 Å². The van der Waals surface area contributed by atoms with Gasteiger partial charge in [-0.2, -0.15) is 0 Å². The molecule has 0 saturated heterocycles. The second kappa shape index (κ2) is 7.63. The van der Waals surface area contributed by atoms with Crippen LogP contribution in [0, 0.1) is 46.3 Å². The smallest absolute Gasteiger partial charge is 0.00853 e. The van der Waals surface area contributed by atoms with Crippen LogP contribution in [0.4, 0.5) is 0 Å². The minimum absolute atomic E-state index is 0.557. The molecule has 7 atom stereocenters. The zero-order chi connectivity index (χ0) is 20.1. The van der Waals surface area contributed by atoms with Gasteiger partial charge in [0.05, 0.1) is 0 Å². The van der Waals surface area contributed by atoms with E-state index in [4.69, 9.17) is 0 Å². The number of rotatable bonds is 5. The zero-order valence-electron chi connectivity index (χ0n) is 19.5. The summed E-state index contributed by atoms with van der Waals surface area (Å²) in [5, 5.41) is 0. The van der Waals surface area contributed by atoms with Crippen LogP contribution in [0.1, 0.15) is 105 Å². The molecule has 0 heterocycles. The summed E-state index contributed by atoms with van der Waals surface area (Å²) in [5.74, 6) is 5.41. The molecular formula is C28H46. The van der Waals surface area contributed by atoms with Gasteiger partial charge < -0.3 is 0 Å². The topological polar surface area (TPSA) is 0 Å². The maximum Gasteiger partial charge on any atom is -0.00853 e. The third-order valence-corrected chi connectivity index (χ3v) is 10.5. The number of allylic oxidation sites excluding steroid dienone is 3. The van der Waals surface area contributed by atoms with Gasteiger partial charge in [-0.1, -0.05) is 64.8 Å². The van der Waals surface area contributed by atoms with Crippen molar-refractivity contribution >= 4 is 0 Å². The molecule has 0 amide bonds. The summed E-state index contributed by atoms with van der Waals surface area (Å²) in [7, 11) is 0. The Morgan fingerprint density at radius 1 is 1.07 bits per heavy atom. The van der Waals surface area contributed by atoms with E-state index in [-0.39, 0.29) is 0 Å². The van der Waals surface area contributed by atoms with Gasteiger partial charge in [0, 0.05) is 0 Å². The first-order valence-corrected chi connectivity index (χ1v) is 12.6. The SMILES string of the molecule is C=C(CC[C@@H](C)[C@H]1CC[C@H]2[C@@H]3CC=C4CCCC[C@]4(C)[C@H]3CC[C@]12C)C(C)C. The summed E-state index contributed by atoms with van der Waals surface area (Å²) in [6, 6.07) is 0. The predicted octanol–water partition coefficient (Wildman–Crippen LogP) is 8.58. The van der Waals surface area contributed by atoms with Crippen molar-refractivity contribution in [1.29, 1.82) is 0 Å². The Morgan fingerprint density at radius 2 is 1.86 bits per heavy atom. The molecular weight excluding hydrogens is 336 g/mol. The molecule has 0 aromatic heterocycles. The lowest BCUT2D eigenvalue weighted by Gasteiger charge is -2.58. The highest BCUT2D eigenvalue weighted by Crippen LogP contribution is 2.67. The van der Waals surface area contributed by atoms with Gasteiger partial charge in [-0.05, 0) is 111 Å². The third kappa shape index (κ3) is 3.26. The van der Waals surface area contributed by atoms with E-state index in [1.807, 2.05) is 5.57 Å². The lowest BCUT2D eigenvalue weighted by Crippen LogP contribution is -2.50. The van der Waals surface area contributed by atoms with Crippen LogP contribution in [0.2, 0.25) is 0 Å². The number of hydrogen-bond acceptors (Lipinski definition) is 0. The molecule has 0 heteroatoms. The Kier molecular flexibility index (Phi) is 5.65. The normalized spacial score (nSPS) is 43.7. The summed E-state index contributed by atoms with van der Waals surface area (Å²) < 4.78 is 0. The molecule has 0 unspecified atom stereocenters. The molecule has 4 rings (SSSR count). The van der Waals surface area contributed by atoms with Gasteiger partial charge in [-0.15, -0.1) is 0 Å². The summed E-state index contributed by atoms with van der Waals surface area (Å²) in [6.07, 6.45) is 18.5. The van der Waals surface area contributed by atoms with E-state index in [9.17, 15) is 0 Å². The molecule has 158 valence electrons. The van der Waals surface area contributed by atoms with Crippen molar-refractivity contribution in [1.82, 2.24) is 0 Å². The van der Waals surface area contributed by atoms with Gasteiger partial charge in [0.2, 0.25) is 0 Å². The first-order valence-electron chi connectivity index (χ1n) is 12.6. The molecule has 0 nitrogen and oxygen atoms in total. The molecule has 28 heavy (non-hydrogen) atoms. The average Bonchev–Trinajstić information content (AvgIpc) is 3.02. The van der Waals surface area contributed by atoms with E-state index in [1.54, 1.807) is 0 Å². The molecule has 3 fully saturated rings. The largest absolute Gasteiger partial charge is 0.0996 e. The zero-order valence-corrected chi connectivity index (χ0v) is 19.5. The van der Waals surface area contributed by atoms with Gasteiger partial charge in [0.15, 0.2) is 0 Å². The van der Waals surface area contributed by atoms with Crippen molar-refractivity contribution in [3.63, 3.8) is 0 Å².